The van der Waals surface area contributed by atoms with Crippen LogP contribution >= 0.6 is 0 Å². The first kappa shape index (κ1) is 11.3. The predicted octanol–water partition coefficient (Wildman–Crippen LogP) is 1.84. The summed E-state index contributed by atoms with van der Waals surface area (Å²) in [6.45, 7) is 0. The van der Waals surface area contributed by atoms with Gasteiger partial charge >= 0.3 is 0 Å². The third-order valence-corrected chi connectivity index (χ3v) is 0.756. The van der Waals surface area contributed by atoms with Crippen molar-refractivity contribution in [2.45, 2.75) is 0 Å². The minimum atomic E-state index is 0. The first-order valence-corrected chi connectivity index (χ1v) is 2.13. The number of hydrogen-bond donors (Lipinski definition) is 1. The van der Waals surface area contributed by atoms with Gasteiger partial charge in [-0.1, -0.05) is 18.2 Å². The van der Waals surface area contributed by atoms with Gasteiger partial charge in [0.2, 0.25) is 0 Å². The standard InChI is InChI=1S/C6H6O.CH3.Ni/c7-6-4-2-1-3-5-6;;/h1-5,7H;1H3;/q;-1;. The second-order valence-corrected chi connectivity index (χ2v) is 1.34. The summed E-state index contributed by atoms with van der Waals surface area (Å²) in [5, 5.41) is 8.63. The van der Waals surface area contributed by atoms with Crippen molar-refractivity contribution in [3.63, 3.8) is 0 Å². The molecule has 0 fully saturated rings. The molecular weight excluding hydrogens is 159 g/mol. The third-order valence-electron chi connectivity index (χ3n) is 0.756. The van der Waals surface area contributed by atoms with Crippen molar-refractivity contribution in [3.8, 4) is 5.75 Å². The monoisotopic (exact) mass is 167 g/mol. The van der Waals surface area contributed by atoms with Gasteiger partial charge in [-0.15, -0.1) is 0 Å². The predicted molar refractivity (Wildman–Crippen MR) is 34.5 cm³/mol. The van der Waals surface area contributed by atoms with Crippen molar-refractivity contribution < 1.29 is 21.6 Å². The van der Waals surface area contributed by atoms with Crippen LogP contribution in [0.25, 0.3) is 0 Å². The summed E-state index contributed by atoms with van der Waals surface area (Å²) in [4.78, 5) is 0. The molecule has 0 spiro atoms. The van der Waals surface area contributed by atoms with E-state index in [4.69, 9.17) is 5.11 Å². The van der Waals surface area contributed by atoms with Crippen LogP contribution in [0.3, 0.4) is 0 Å². The number of rotatable bonds is 0. The average molecular weight is 168 g/mol. The normalized spacial score (nSPS) is 6.67. The molecule has 0 saturated heterocycles. The molecule has 1 aromatic rings. The largest absolute Gasteiger partial charge is 0.508 e. The molecule has 0 saturated carbocycles. The molecular formula is C7H9NiO-. The number of phenols is 1. The molecule has 9 heavy (non-hydrogen) atoms. The summed E-state index contributed by atoms with van der Waals surface area (Å²) in [5.74, 6) is 0.322. The van der Waals surface area contributed by atoms with Crippen LogP contribution < -0.4 is 0 Å². The Morgan fingerprint density at radius 2 is 1.44 bits per heavy atom. The summed E-state index contributed by atoms with van der Waals surface area (Å²) < 4.78 is 0. The summed E-state index contributed by atoms with van der Waals surface area (Å²) in [5.41, 5.74) is 0. The fourth-order valence-corrected chi connectivity index (χ4v) is 0.428. The maximum Gasteiger partial charge on any atom is 0.115 e. The van der Waals surface area contributed by atoms with Crippen LogP contribution in [0.15, 0.2) is 30.3 Å². The number of aromatic hydroxyl groups is 1. The molecule has 1 N–H and O–H groups in total. The molecule has 1 rings (SSSR count). The first-order valence-electron chi connectivity index (χ1n) is 2.13. The van der Waals surface area contributed by atoms with E-state index in [0.29, 0.717) is 5.75 Å². The first-order chi connectivity index (χ1) is 3.39. The topological polar surface area (TPSA) is 20.2 Å². The Balaban J connectivity index is 0. The van der Waals surface area contributed by atoms with E-state index in [1.54, 1.807) is 24.3 Å². The van der Waals surface area contributed by atoms with Crippen LogP contribution in [0.2, 0.25) is 0 Å². The number of phenolic OH excluding ortho intramolecular Hbond substituents is 1. The molecule has 0 heterocycles. The Morgan fingerprint density at radius 3 is 1.67 bits per heavy atom. The second kappa shape index (κ2) is 5.65. The van der Waals surface area contributed by atoms with Crippen molar-refractivity contribution >= 4 is 0 Å². The van der Waals surface area contributed by atoms with Gasteiger partial charge in [0.1, 0.15) is 5.75 Å². The van der Waals surface area contributed by atoms with Crippen LogP contribution in [0.4, 0.5) is 0 Å². The maximum atomic E-state index is 8.63. The minimum Gasteiger partial charge on any atom is -0.508 e. The average Bonchev–Trinajstić information content (AvgIpc) is 1.69. The van der Waals surface area contributed by atoms with Gasteiger partial charge in [0.05, 0.1) is 0 Å². The summed E-state index contributed by atoms with van der Waals surface area (Å²) >= 11 is 0. The van der Waals surface area contributed by atoms with Gasteiger partial charge in [-0.05, 0) is 12.1 Å². The summed E-state index contributed by atoms with van der Waals surface area (Å²) in [6, 6.07) is 8.71. The molecule has 54 valence electrons. The second-order valence-electron chi connectivity index (χ2n) is 1.34. The molecule has 1 aromatic carbocycles. The van der Waals surface area contributed by atoms with E-state index >= 15 is 0 Å². The van der Waals surface area contributed by atoms with E-state index in [1.165, 1.54) is 0 Å². The van der Waals surface area contributed by atoms with Gasteiger partial charge in [0, 0.05) is 16.5 Å². The molecule has 0 bridgehead atoms. The summed E-state index contributed by atoms with van der Waals surface area (Å²) in [7, 11) is 0. The van der Waals surface area contributed by atoms with Gasteiger partial charge < -0.3 is 12.5 Å². The Morgan fingerprint density at radius 1 is 1.00 bits per heavy atom. The van der Waals surface area contributed by atoms with E-state index in [9.17, 15) is 0 Å². The molecule has 0 aliphatic heterocycles. The van der Waals surface area contributed by atoms with Crippen molar-refractivity contribution in [1.82, 2.24) is 0 Å². The van der Waals surface area contributed by atoms with Gasteiger partial charge in [0.25, 0.3) is 0 Å². The Labute approximate surface area is 65.6 Å². The number of benzene rings is 1. The molecule has 2 heteroatoms. The summed E-state index contributed by atoms with van der Waals surface area (Å²) in [6.07, 6.45) is 0. The zero-order chi connectivity index (χ0) is 5.11. The van der Waals surface area contributed by atoms with Crippen molar-refractivity contribution in [2.24, 2.45) is 0 Å². The molecule has 0 unspecified atom stereocenters. The third kappa shape index (κ3) is 4.05. The van der Waals surface area contributed by atoms with Crippen LogP contribution in [-0.4, -0.2) is 5.11 Å². The maximum absolute atomic E-state index is 8.63. The quantitative estimate of drug-likeness (QED) is 0.462. The van der Waals surface area contributed by atoms with E-state index in [1.807, 2.05) is 6.07 Å². The van der Waals surface area contributed by atoms with Gasteiger partial charge in [-0.3, -0.25) is 0 Å². The molecule has 0 aromatic heterocycles. The Bertz CT molecular complexity index is 139. The smallest absolute Gasteiger partial charge is 0.115 e. The van der Waals surface area contributed by atoms with Crippen LogP contribution in [0.1, 0.15) is 0 Å². The zero-order valence-electron chi connectivity index (χ0n) is 5.15. The molecule has 0 radical (unpaired) electrons. The van der Waals surface area contributed by atoms with Gasteiger partial charge in [-0.25, -0.2) is 0 Å². The molecule has 0 aliphatic rings. The van der Waals surface area contributed by atoms with Gasteiger partial charge in [-0.2, -0.15) is 0 Å². The van der Waals surface area contributed by atoms with E-state index in [0.717, 1.165) is 0 Å². The van der Waals surface area contributed by atoms with E-state index in [-0.39, 0.29) is 23.9 Å². The van der Waals surface area contributed by atoms with Crippen molar-refractivity contribution in [3.05, 3.63) is 37.8 Å². The number of hydrogen-bond acceptors (Lipinski definition) is 1. The molecule has 0 atom stereocenters. The Kier molecular flexibility index (Phi) is 7.11. The van der Waals surface area contributed by atoms with E-state index in [2.05, 4.69) is 0 Å². The van der Waals surface area contributed by atoms with Crippen molar-refractivity contribution in [2.75, 3.05) is 0 Å². The molecule has 1 nitrogen and oxygen atoms in total. The van der Waals surface area contributed by atoms with Crippen molar-refractivity contribution in [1.29, 1.82) is 0 Å². The zero-order valence-corrected chi connectivity index (χ0v) is 6.14. The van der Waals surface area contributed by atoms with Gasteiger partial charge in [0.15, 0.2) is 0 Å². The fraction of sp³-hybridized carbons (Fsp3) is 0. The molecule has 0 aliphatic carbocycles. The minimum absolute atomic E-state index is 0. The molecule has 0 amide bonds. The van der Waals surface area contributed by atoms with Crippen LogP contribution in [-0.2, 0) is 16.5 Å². The fourth-order valence-electron chi connectivity index (χ4n) is 0.428. The SMILES string of the molecule is Oc1ccccc1.[CH3-].[Ni]. The van der Waals surface area contributed by atoms with E-state index < -0.39 is 0 Å². The number of para-hydroxylation sites is 1. The Hall–Kier alpha value is -0.486. The van der Waals surface area contributed by atoms with Crippen LogP contribution in [0.5, 0.6) is 5.75 Å². The van der Waals surface area contributed by atoms with Crippen LogP contribution in [0, 0.1) is 7.43 Å².